The van der Waals surface area contributed by atoms with Crippen molar-refractivity contribution in [2.24, 2.45) is 5.73 Å². The quantitative estimate of drug-likeness (QED) is 0.793. The van der Waals surface area contributed by atoms with Gasteiger partial charge in [-0.1, -0.05) is 11.6 Å². The maximum absolute atomic E-state index is 12.9. The number of halogens is 2. The van der Waals surface area contributed by atoms with E-state index in [0.29, 0.717) is 0 Å². The average Bonchev–Trinajstić information content (AvgIpc) is 2.01. The molecule has 0 unspecified atom stereocenters. The van der Waals surface area contributed by atoms with Gasteiger partial charge in [0.15, 0.2) is 0 Å². The molecule has 0 aromatic heterocycles. The minimum absolute atomic E-state index is 0.123. The number of carbonyl (C=O) groups is 1. The van der Waals surface area contributed by atoms with Gasteiger partial charge in [0.05, 0.1) is 0 Å². The van der Waals surface area contributed by atoms with Gasteiger partial charge in [-0.05, 0) is 30.7 Å². The Hall–Kier alpha value is -1.13. The van der Waals surface area contributed by atoms with E-state index in [2.05, 4.69) is 0 Å². The molecule has 14 heavy (non-hydrogen) atoms. The van der Waals surface area contributed by atoms with E-state index in [1.165, 1.54) is 13.0 Å². The van der Waals surface area contributed by atoms with Crippen LogP contribution in [0.25, 0.3) is 0 Å². The van der Waals surface area contributed by atoms with Gasteiger partial charge in [-0.25, -0.2) is 9.18 Å². The molecule has 0 spiro atoms. The molecule has 1 atom stereocenters. The minimum Gasteiger partial charge on any atom is -0.480 e. The van der Waals surface area contributed by atoms with Crippen LogP contribution in [0, 0.1) is 5.82 Å². The van der Waals surface area contributed by atoms with E-state index in [4.69, 9.17) is 22.4 Å². The highest BCUT2D eigenvalue weighted by Crippen LogP contribution is 2.23. The van der Waals surface area contributed by atoms with Crippen LogP contribution >= 0.6 is 11.6 Å². The van der Waals surface area contributed by atoms with Crippen LogP contribution in [0.4, 0.5) is 4.39 Å². The number of hydrogen-bond donors (Lipinski definition) is 2. The van der Waals surface area contributed by atoms with Gasteiger partial charge >= 0.3 is 5.97 Å². The maximum Gasteiger partial charge on any atom is 0.328 e. The van der Waals surface area contributed by atoms with Crippen molar-refractivity contribution in [1.29, 1.82) is 0 Å². The van der Waals surface area contributed by atoms with Crippen molar-refractivity contribution in [1.82, 2.24) is 0 Å². The number of rotatable bonds is 2. The topological polar surface area (TPSA) is 63.3 Å². The van der Waals surface area contributed by atoms with Crippen LogP contribution < -0.4 is 5.73 Å². The third kappa shape index (κ3) is 2.02. The average molecular weight is 218 g/mol. The number of nitrogens with two attached hydrogens (primary N) is 1. The highest BCUT2D eigenvalue weighted by molar-refractivity contribution is 6.30. The lowest BCUT2D eigenvalue weighted by molar-refractivity contribution is -0.143. The molecule has 1 aromatic rings. The molecule has 0 saturated carbocycles. The Morgan fingerprint density at radius 1 is 1.57 bits per heavy atom. The van der Waals surface area contributed by atoms with E-state index >= 15 is 0 Å². The third-order valence-corrected chi connectivity index (χ3v) is 2.12. The standard InChI is InChI=1S/C9H9ClFNO2/c1-9(12,8(13)14)5-2-6(10)4-7(11)3-5/h2-4H,12H2,1H3,(H,13,14)/t9-/m0/s1. The van der Waals surface area contributed by atoms with Crippen LogP contribution in [-0.4, -0.2) is 11.1 Å². The van der Waals surface area contributed by atoms with E-state index < -0.39 is 17.3 Å². The fourth-order valence-electron chi connectivity index (χ4n) is 0.977. The zero-order chi connectivity index (χ0) is 10.9. The summed E-state index contributed by atoms with van der Waals surface area (Å²) in [6, 6.07) is 3.47. The Bertz CT molecular complexity index is 359. The lowest BCUT2D eigenvalue weighted by Crippen LogP contribution is -2.41. The van der Waals surface area contributed by atoms with Gasteiger partial charge in [-0.3, -0.25) is 0 Å². The van der Waals surface area contributed by atoms with Crippen LogP contribution in [-0.2, 0) is 10.3 Å². The summed E-state index contributed by atoms with van der Waals surface area (Å²) < 4.78 is 12.9. The highest BCUT2D eigenvalue weighted by atomic mass is 35.5. The molecule has 1 aromatic carbocycles. The molecule has 3 N–H and O–H groups in total. The number of carboxylic acid groups (broad SMARTS) is 1. The summed E-state index contributed by atoms with van der Waals surface area (Å²) in [6.45, 7) is 1.28. The van der Waals surface area contributed by atoms with Gasteiger partial charge in [-0.15, -0.1) is 0 Å². The summed E-state index contributed by atoms with van der Waals surface area (Å²) in [6.07, 6.45) is 0. The molecular weight excluding hydrogens is 209 g/mol. The van der Waals surface area contributed by atoms with Crippen molar-refractivity contribution >= 4 is 17.6 Å². The van der Waals surface area contributed by atoms with Crippen molar-refractivity contribution < 1.29 is 14.3 Å². The molecule has 0 saturated heterocycles. The van der Waals surface area contributed by atoms with Gasteiger partial charge in [-0.2, -0.15) is 0 Å². The Morgan fingerprint density at radius 3 is 2.57 bits per heavy atom. The molecule has 3 nitrogen and oxygen atoms in total. The zero-order valence-corrected chi connectivity index (χ0v) is 8.18. The van der Waals surface area contributed by atoms with Gasteiger partial charge in [0.1, 0.15) is 11.4 Å². The van der Waals surface area contributed by atoms with E-state index in [1.807, 2.05) is 0 Å². The van der Waals surface area contributed by atoms with Crippen molar-refractivity contribution in [2.75, 3.05) is 0 Å². The number of benzene rings is 1. The summed E-state index contributed by atoms with van der Waals surface area (Å²) in [4.78, 5) is 10.8. The van der Waals surface area contributed by atoms with Crippen molar-refractivity contribution in [3.8, 4) is 0 Å². The van der Waals surface area contributed by atoms with Crippen molar-refractivity contribution in [3.05, 3.63) is 34.6 Å². The smallest absolute Gasteiger partial charge is 0.328 e. The van der Waals surface area contributed by atoms with E-state index in [-0.39, 0.29) is 10.6 Å². The Kier molecular flexibility index (Phi) is 2.78. The van der Waals surface area contributed by atoms with Gasteiger partial charge in [0.25, 0.3) is 0 Å². The van der Waals surface area contributed by atoms with E-state index in [9.17, 15) is 9.18 Å². The molecule has 1 rings (SSSR count). The van der Waals surface area contributed by atoms with Gasteiger partial charge in [0, 0.05) is 5.02 Å². The molecule has 0 radical (unpaired) electrons. The molecule has 0 bridgehead atoms. The maximum atomic E-state index is 12.9. The zero-order valence-electron chi connectivity index (χ0n) is 7.42. The third-order valence-electron chi connectivity index (χ3n) is 1.91. The van der Waals surface area contributed by atoms with Crippen LogP contribution in [0.2, 0.25) is 5.02 Å². The van der Waals surface area contributed by atoms with Crippen LogP contribution in [0.5, 0.6) is 0 Å². The van der Waals surface area contributed by atoms with Crippen molar-refractivity contribution in [3.63, 3.8) is 0 Å². The fourth-order valence-corrected chi connectivity index (χ4v) is 1.20. The first-order valence-electron chi connectivity index (χ1n) is 3.83. The first-order valence-corrected chi connectivity index (χ1v) is 4.20. The second-order valence-electron chi connectivity index (χ2n) is 3.17. The summed E-state index contributed by atoms with van der Waals surface area (Å²) in [5.41, 5.74) is 3.99. The minimum atomic E-state index is -1.63. The van der Waals surface area contributed by atoms with Gasteiger partial charge < -0.3 is 10.8 Å². The predicted molar refractivity (Wildman–Crippen MR) is 50.6 cm³/mol. The normalized spacial score (nSPS) is 14.9. The number of aliphatic carboxylic acids is 1. The molecule has 0 fully saturated rings. The first-order chi connectivity index (χ1) is 6.34. The molecule has 0 aliphatic carbocycles. The lowest BCUT2D eigenvalue weighted by Gasteiger charge is -2.19. The van der Waals surface area contributed by atoms with Crippen LogP contribution in [0.1, 0.15) is 12.5 Å². The van der Waals surface area contributed by atoms with Gasteiger partial charge in [0.2, 0.25) is 0 Å². The summed E-state index contributed by atoms with van der Waals surface area (Å²) in [5, 5.41) is 8.91. The lowest BCUT2D eigenvalue weighted by atomic mass is 9.93. The SMILES string of the molecule is C[C@@](N)(C(=O)O)c1cc(F)cc(Cl)c1. The second-order valence-corrected chi connectivity index (χ2v) is 3.60. The molecule has 0 amide bonds. The first kappa shape index (κ1) is 10.9. The Balaban J connectivity index is 3.25. The van der Waals surface area contributed by atoms with Crippen molar-refractivity contribution in [2.45, 2.75) is 12.5 Å². The highest BCUT2D eigenvalue weighted by Gasteiger charge is 2.30. The summed E-state index contributed by atoms with van der Waals surface area (Å²) >= 11 is 5.57. The Morgan fingerprint density at radius 2 is 2.14 bits per heavy atom. The largest absolute Gasteiger partial charge is 0.480 e. The number of hydrogen-bond acceptors (Lipinski definition) is 2. The van der Waals surface area contributed by atoms with E-state index in [1.54, 1.807) is 0 Å². The predicted octanol–water partition coefficient (Wildman–Crippen LogP) is 1.74. The molecule has 0 aliphatic heterocycles. The molecule has 0 heterocycles. The Labute approximate surface area is 85.3 Å². The molecular formula is C9H9ClFNO2. The second kappa shape index (κ2) is 3.55. The monoisotopic (exact) mass is 217 g/mol. The summed E-state index contributed by atoms with van der Waals surface area (Å²) in [5.74, 6) is -1.84. The molecule has 76 valence electrons. The van der Waals surface area contributed by atoms with Crippen LogP contribution in [0.3, 0.4) is 0 Å². The molecule has 5 heteroatoms. The van der Waals surface area contributed by atoms with E-state index in [0.717, 1.165) is 12.1 Å². The summed E-state index contributed by atoms with van der Waals surface area (Å²) in [7, 11) is 0. The van der Waals surface area contributed by atoms with Crippen LogP contribution in [0.15, 0.2) is 18.2 Å². The fraction of sp³-hybridized carbons (Fsp3) is 0.222. The molecule has 0 aliphatic rings. The number of carboxylic acids is 1.